The molecule has 1 fully saturated rings. The highest BCUT2D eigenvalue weighted by atomic mass is 32.1. The highest BCUT2D eigenvalue weighted by Crippen LogP contribution is 2.12. The number of nitrogens with one attached hydrogen (secondary N) is 1. The van der Waals surface area contributed by atoms with E-state index in [-0.39, 0.29) is 5.91 Å². The van der Waals surface area contributed by atoms with Crippen LogP contribution in [-0.2, 0) is 11.3 Å². The average Bonchev–Trinajstić information content (AvgIpc) is 3.15. The summed E-state index contributed by atoms with van der Waals surface area (Å²) in [6, 6.07) is 1.72. The Kier molecular flexibility index (Phi) is 5.60. The van der Waals surface area contributed by atoms with Crippen molar-refractivity contribution in [1.29, 1.82) is 0 Å². The number of rotatable bonds is 6. The summed E-state index contributed by atoms with van der Waals surface area (Å²) in [5, 5.41) is 9.79. The van der Waals surface area contributed by atoms with E-state index in [0.29, 0.717) is 18.0 Å². The number of thiazole rings is 1. The van der Waals surface area contributed by atoms with Gasteiger partial charge in [0, 0.05) is 57.1 Å². The second-order valence-electron chi connectivity index (χ2n) is 6.10. The van der Waals surface area contributed by atoms with Crippen molar-refractivity contribution in [3.05, 3.63) is 27.9 Å². The minimum atomic E-state index is -0.0244. The van der Waals surface area contributed by atoms with Crippen molar-refractivity contribution in [3.63, 3.8) is 0 Å². The number of aryl methyl sites for hydroxylation is 2. The number of carbonyl (C=O) groups excluding carboxylic acids is 1. The van der Waals surface area contributed by atoms with E-state index in [1.54, 1.807) is 24.3 Å². The Labute approximate surface area is 145 Å². The molecule has 1 aliphatic heterocycles. The zero-order chi connectivity index (χ0) is 16.9. The quantitative estimate of drug-likeness (QED) is 0.858. The molecule has 0 spiro atoms. The van der Waals surface area contributed by atoms with Gasteiger partial charge in [-0.05, 0) is 13.8 Å². The zero-order valence-electron chi connectivity index (χ0n) is 14.1. The minimum Gasteiger partial charge on any atom is -0.360 e. The van der Waals surface area contributed by atoms with Gasteiger partial charge in [-0.3, -0.25) is 9.69 Å². The number of amides is 1. The Morgan fingerprint density at radius 2 is 2.04 bits per heavy atom. The second-order valence-corrected chi connectivity index (χ2v) is 7.16. The van der Waals surface area contributed by atoms with Crippen LogP contribution in [0.3, 0.4) is 0 Å². The van der Waals surface area contributed by atoms with Crippen molar-refractivity contribution in [2.75, 3.05) is 38.0 Å². The summed E-state index contributed by atoms with van der Waals surface area (Å²) >= 11 is 1.70. The zero-order valence-corrected chi connectivity index (χ0v) is 14.9. The lowest BCUT2D eigenvalue weighted by atomic mass is 10.2. The van der Waals surface area contributed by atoms with Gasteiger partial charge in [-0.25, -0.2) is 4.98 Å². The van der Waals surface area contributed by atoms with Gasteiger partial charge in [-0.2, -0.15) is 0 Å². The molecule has 0 unspecified atom stereocenters. The van der Waals surface area contributed by atoms with Crippen LogP contribution in [0.1, 0.15) is 22.9 Å². The molecule has 8 heteroatoms. The van der Waals surface area contributed by atoms with E-state index >= 15 is 0 Å². The molecule has 2 aromatic heterocycles. The molecule has 3 rings (SSSR count). The van der Waals surface area contributed by atoms with Gasteiger partial charge < -0.3 is 14.7 Å². The Hall–Kier alpha value is -1.77. The van der Waals surface area contributed by atoms with Crippen molar-refractivity contribution in [3.8, 4) is 0 Å². The van der Waals surface area contributed by atoms with Gasteiger partial charge in [0.1, 0.15) is 5.76 Å². The van der Waals surface area contributed by atoms with Crippen LogP contribution in [0.4, 0.5) is 5.82 Å². The maximum absolute atomic E-state index is 11.9. The van der Waals surface area contributed by atoms with E-state index in [1.807, 2.05) is 6.92 Å². The van der Waals surface area contributed by atoms with Gasteiger partial charge in [0.15, 0.2) is 5.82 Å². The SMILES string of the molecule is Cc1cc(NC(=O)CCN2CCN(Cc3csc(C)n3)CC2)no1. The predicted molar refractivity (Wildman–Crippen MR) is 93.1 cm³/mol. The predicted octanol–water partition coefficient (Wildman–Crippen LogP) is 1.89. The van der Waals surface area contributed by atoms with Gasteiger partial charge in [-0.15, -0.1) is 11.3 Å². The molecule has 3 heterocycles. The molecule has 1 saturated heterocycles. The Bertz CT molecular complexity index is 676. The van der Waals surface area contributed by atoms with Crippen LogP contribution >= 0.6 is 11.3 Å². The molecule has 0 bridgehead atoms. The first kappa shape index (κ1) is 17.1. The maximum atomic E-state index is 11.9. The first-order chi connectivity index (χ1) is 11.6. The van der Waals surface area contributed by atoms with Crippen LogP contribution in [0, 0.1) is 13.8 Å². The number of nitrogens with zero attached hydrogens (tertiary/aromatic N) is 4. The topological polar surface area (TPSA) is 74.5 Å². The first-order valence-electron chi connectivity index (χ1n) is 8.17. The first-order valence-corrected chi connectivity index (χ1v) is 9.05. The molecule has 1 amide bonds. The Balaban J connectivity index is 1.35. The molecule has 0 aromatic carbocycles. The van der Waals surface area contributed by atoms with E-state index < -0.39 is 0 Å². The normalized spacial score (nSPS) is 16.4. The molecule has 0 radical (unpaired) electrons. The van der Waals surface area contributed by atoms with Crippen molar-refractivity contribution >= 4 is 23.1 Å². The number of carbonyl (C=O) groups is 1. The van der Waals surface area contributed by atoms with Gasteiger partial charge in [0.05, 0.1) is 10.7 Å². The third-order valence-corrected chi connectivity index (χ3v) is 4.89. The van der Waals surface area contributed by atoms with Crippen LogP contribution < -0.4 is 5.32 Å². The number of aromatic nitrogens is 2. The summed E-state index contributed by atoms with van der Waals surface area (Å²) in [7, 11) is 0. The minimum absolute atomic E-state index is 0.0244. The lowest BCUT2D eigenvalue weighted by Gasteiger charge is -2.34. The number of anilines is 1. The number of hydrogen-bond donors (Lipinski definition) is 1. The average molecular weight is 349 g/mol. The van der Waals surface area contributed by atoms with Crippen molar-refractivity contribution in [1.82, 2.24) is 19.9 Å². The molecule has 130 valence electrons. The van der Waals surface area contributed by atoms with Crippen LogP contribution in [0.15, 0.2) is 16.0 Å². The monoisotopic (exact) mass is 349 g/mol. The fourth-order valence-corrected chi connectivity index (χ4v) is 3.38. The van der Waals surface area contributed by atoms with Crippen molar-refractivity contribution < 1.29 is 9.32 Å². The Morgan fingerprint density at radius 3 is 2.67 bits per heavy atom. The number of piperazine rings is 1. The summed E-state index contributed by atoms with van der Waals surface area (Å²) in [4.78, 5) is 21.2. The van der Waals surface area contributed by atoms with E-state index in [0.717, 1.165) is 50.0 Å². The second kappa shape index (κ2) is 7.87. The smallest absolute Gasteiger partial charge is 0.226 e. The lowest BCUT2D eigenvalue weighted by Crippen LogP contribution is -2.46. The molecule has 24 heavy (non-hydrogen) atoms. The molecule has 0 aliphatic carbocycles. The van der Waals surface area contributed by atoms with Crippen LogP contribution in [0.2, 0.25) is 0 Å². The van der Waals surface area contributed by atoms with Gasteiger partial charge in [-0.1, -0.05) is 5.16 Å². The highest BCUT2D eigenvalue weighted by molar-refractivity contribution is 7.09. The molecule has 1 N–H and O–H groups in total. The molecule has 0 saturated carbocycles. The van der Waals surface area contributed by atoms with Gasteiger partial charge >= 0.3 is 0 Å². The van der Waals surface area contributed by atoms with E-state index in [2.05, 4.69) is 30.6 Å². The molecular formula is C16H23N5O2S. The van der Waals surface area contributed by atoms with Gasteiger partial charge in [0.25, 0.3) is 0 Å². The summed E-state index contributed by atoms with van der Waals surface area (Å²) in [5.74, 6) is 1.15. The Morgan fingerprint density at radius 1 is 1.29 bits per heavy atom. The fraction of sp³-hybridized carbons (Fsp3) is 0.562. The third-order valence-electron chi connectivity index (χ3n) is 4.07. The fourth-order valence-electron chi connectivity index (χ4n) is 2.77. The van der Waals surface area contributed by atoms with Crippen molar-refractivity contribution in [2.24, 2.45) is 0 Å². The lowest BCUT2D eigenvalue weighted by molar-refractivity contribution is -0.116. The van der Waals surface area contributed by atoms with Crippen molar-refractivity contribution in [2.45, 2.75) is 26.8 Å². The van der Waals surface area contributed by atoms with Crippen LogP contribution in [-0.4, -0.2) is 58.6 Å². The molecule has 7 nitrogen and oxygen atoms in total. The summed E-state index contributed by atoms with van der Waals surface area (Å²) in [5.41, 5.74) is 1.16. The molecule has 0 atom stereocenters. The summed E-state index contributed by atoms with van der Waals surface area (Å²) in [6.07, 6.45) is 0.469. The summed E-state index contributed by atoms with van der Waals surface area (Å²) < 4.78 is 4.94. The van der Waals surface area contributed by atoms with Crippen LogP contribution in [0.25, 0.3) is 0 Å². The standard InChI is InChI=1S/C16H23N5O2S/c1-12-9-15(19-23-12)18-16(22)3-4-20-5-7-21(8-6-20)10-14-11-24-13(2)17-14/h9,11H,3-8,10H2,1-2H3,(H,18,19,22). The van der Waals surface area contributed by atoms with E-state index in [1.165, 1.54) is 0 Å². The molecular weight excluding hydrogens is 326 g/mol. The highest BCUT2D eigenvalue weighted by Gasteiger charge is 2.18. The maximum Gasteiger partial charge on any atom is 0.226 e. The van der Waals surface area contributed by atoms with Crippen LogP contribution in [0.5, 0.6) is 0 Å². The number of hydrogen-bond acceptors (Lipinski definition) is 7. The molecule has 2 aromatic rings. The third kappa shape index (κ3) is 4.86. The molecule has 1 aliphatic rings. The van der Waals surface area contributed by atoms with Gasteiger partial charge in [0.2, 0.25) is 5.91 Å². The largest absolute Gasteiger partial charge is 0.360 e. The van der Waals surface area contributed by atoms with E-state index in [4.69, 9.17) is 4.52 Å². The summed E-state index contributed by atoms with van der Waals surface area (Å²) in [6.45, 7) is 9.53. The van der Waals surface area contributed by atoms with E-state index in [9.17, 15) is 4.79 Å².